The zero-order valence-corrected chi connectivity index (χ0v) is 16.8. The van der Waals surface area contributed by atoms with E-state index < -0.39 is 5.97 Å². The summed E-state index contributed by atoms with van der Waals surface area (Å²) < 4.78 is 16.4. The summed E-state index contributed by atoms with van der Waals surface area (Å²) in [6, 6.07) is 8.34. The van der Waals surface area contributed by atoms with Crippen LogP contribution in [0.15, 0.2) is 24.3 Å². The van der Waals surface area contributed by atoms with Gasteiger partial charge >= 0.3 is 5.97 Å². The number of ether oxygens (including phenoxy) is 3. The Labute approximate surface area is 164 Å². The van der Waals surface area contributed by atoms with Gasteiger partial charge in [-0.15, -0.1) is 0 Å². The lowest BCUT2D eigenvalue weighted by molar-refractivity contribution is -0.137. The van der Waals surface area contributed by atoms with Crippen LogP contribution in [-0.4, -0.2) is 44.1 Å². The molecule has 1 aromatic rings. The van der Waals surface area contributed by atoms with E-state index in [0.29, 0.717) is 39.5 Å². The summed E-state index contributed by atoms with van der Waals surface area (Å²) in [5, 5.41) is 8.50. The molecule has 0 unspecified atom stereocenters. The number of hydrogen-bond acceptors (Lipinski definition) is 4. The van der Waals surface area contributed by atoms with Crippen LogP contribution in [0.5, 0.6) is 5.75 Å². The molecule has 1 rings (SSSR count). The topological polar surface area (TPSA) is 65.0 Å². The Hall–Kier alpha value is -1.59. The van der Waals surface area contributed by atoms with Gasteiger partial charge in [0.2, 0.25) is 0 Å². The molecular weight excluding hydrogens is 344 g/mol. The standard InChI is InChI=1S/C22H36O5/c1-2-3-4-5-6-7-9-20-11-13-21(14-12-20)27-19-18-26-17-16-25-15-8-10-22(23)24/h11-14H,2-10,15-19H2,1H3,(H,23,24). The second-order valence-corrected chi connectivity index (χ2v) is 6.73. The van der Waals surface area contributed by atoms with Crippen molar-refractivity contribution < 1.29 is 24.1 Å². The summed E-state index contributed by atoms with van der Waals surface area (Å²) in [4.78, 5) is 10.3. The molecule has 0 bridgehead atoms. The number of benzene rings is 1. The minimum absolute atomic E-state index is 0.145. The second-order valence-electron chi connectivity index (χ2n) is 6.73. The molecule has 27 heavy (non-hydrogen) atoms. The van der Waals surface area contributed by atoms with Gasteiger partial charge in [-0.05, 0) is 37.0 Å². The summed E-state index contributed by atoms with van der Waals surface area (Å²) in [7, 11) is 0. The van der Waals surface area contributed by atoms with Crippen molar-refractivity contribution in [1.29, 1.82) is 0 Å². The van der Waals surface area contributed by atoms with Crippen molar-refractivity contribution in [3.05, 3.63) is 29.8 Å². The van der Waals surface area contributed by atoms with E-state index in [9.17, 15) is 4.79 Å². The van der Waals surface area contributed by atoms with Gasteiger partial charge in [0.25, 0.3) is 0 Å². The molecule has 0 aliphatic heterocycles. The van der Waals surface area contributed by atoms with E-state index in [2.05, 4.69) is 19.1 Å². The van der Waals surface area contributed by atoms with E-state index in [4.69, 9.17) is 19.3 Å². The van der Waals surface area contributed by atoms with Crippen molar-refractivity contribution in [2.75, 3.05) is 33.0 Å². The van der Waals surface area contributed by atoms with E-state index >= 15 is 0 Å². The zero-order chi connectivity index (χ0) is 19.6. The van der Waals surface area contributed by atoms with Gasteiger partial charge in [0.15, 0.2) is 0 Å². The summed E-state index contributed by atoms with van der Waals surface area (Å²) in [6.07, 6.45) is 9.77. The molecule has 1 N–H and O–H groups in total. The third-order valence-electron chi connectivity index (χ3n) is 4.29. The highest BCUT2D eigenvalue weighted by Crippen LogP contribution is 2.15. The summed E-state index contributed by atoms with van der Waals surface area (Å²) in [5.41, 5.74) is 1.37. The summed E-state index contributed by atoms with van der Waals surface area (Å²) >= 11 is 0. The predicted molar refractivity (Wildman–Crippen MR) is 108 cm³/mol. The predicted octanol–water partition coefficient (Wildman–Crippen LogP) is 4.87. The molecule has 0 atom stereocenters. The number of hydrogen-bond donors (Lipinski definition) is 1. The Kier molecular flexibility index (Phi) is 14.4. The van der Waals surface area contributed by atoms with Crippen molar-refractivity contribution >= 4 is 5.97 Å². The number of aryl methyl sites for hydroxylation is 1. The highest BCUT2D eigenvalue weighted by molar-refractivity contribution is 5.66. The molecule has 0 aromatic heterocycles. The van der Waals surface area contributed by atoms with E-state index in [1.54, 1.807) is 0 Å². The molecule has 5 nitrogen and oxygen atoms in total. The lowest BCUT2D eigenvalue weighted by atomic mass is 10.0. The van der Waals surface area contributed by atoms with Gasteiger partial charge in [0.1, 0.15) is 12.4 Å². The van der Waals surface area contributed by atoms with Crippen LogP contribution in [0.2, 0.25) is 0 Å². The molecule has 0 radical (unpaired) electrons. The fraction of sp³-hybridized carbons (Fsp3) is 0.682. The van der Waals surface area contributed by atoms with Crippen molar-refractivity contribution in [3.8, 4) is 5.75 Å². The fourth-order valence-corrected chi connectivity index (χ4v) is 2.73. The van der Waals surface area contributed by atoms with Gasteiger partial charge in [0.05, 0.1) is 19.8 Å². The first-order valence-corrected chi connectivity index (χ1v) is 10.3. The zero-order valence-electron chi connectivity index (χ0n) is 16.8. The van der Waals surface area contributed by atoms with Crippen LogP contribution < -0.4 is 4.74 Å². The Morgan fingerprint density at radius 3 is 2.15 bits per heavy atom. The first-order chi connectivity index (χ1) is 13.2. The molecule has 5 heteroatoms. The second kappa shape index (κ2) is 16.6. The molecule has 0 amide bonds. The maximum atomic E-state index is 10.3. The van der Waals surface area contributed by atoms with Crippen LogP contribution in [0.1, 0.15) is 63.9 Å². The minimum atomic E-state index is -0.789. The quantitative estimate of drug-likeness (QED) is 0.368. The molecule has 0 heterocycles. The van der Waals surface area contributed by atoms with Crippen LogP contribution in [0.25, 0.3) is 0 Å². The highest BCUT2D eigenvalue weighted by Gasteiger charge is 1.98. The lowest BCUT2D eigenvalue weighted by Crippen LogP contribution is -2.11. The summed E-state index contributed by atoms with van der Waals surface area (Å²) in [5.74, 6) is 0.0812. The van der Waals surface area contributed by atoms with E-state index in [1.807, 2.05) is 12.1 Å². The Bertz CT molecular complexity index is 472. The monoisotopic (exact) mass is 380 g/mol. The SMILES string of the molecule is CCCCCCCCc1ccc(OCCOCCOCCCC(=O)O)cc1. The van der Waals surface area contributed by atoms with Gasteiger partial charge in [-0.3, -0.25) is 4.79 Å². The molecule has 0 saturated carbocycles. The van der Waals surface area contributed by atoms with Crippen LogP contribution in [0, 0.1) is 0 Å². The van der Waals surface area contributed by atoms with Crippen LogP contribution in [0.4, 0.5) is 0 Å². The van der Waals surface area contributed by atoms with Crippen molar-refractivity contribution in [1.82, 2.24) is 0 Å². The van der Waals surface area contributed by atoms with Crippen LogP contribution in [-0.2, 0) is 20.7 Å². The summed E-state index contributed by atoms with van der Waals surface area (Å²) in [6.45, 7) is 4.70. The molecule has 0 spiro atoms. The normalized spacial score (nSPS) is 10.9. The molecular formula is C22H36O5. The van der Waals surface area contributed by atoms with Gasteiger partial charge in [0, 0.05) is 13.0 Å². The fourth-order valence-electron chi connectivity index (χ4n) is 2.73. The highest BCUT2D eigenvalue weighted by atomic mass is 16.5. The van der Waals surface area contributed by atoms with Crippen LogP contribution >= 0.6 is 0 Å². The van der Waals surface area contributed by atoms with Crippen LogP contribution in [0.3, 0.4) is 0 Å². The van der Waals surface area contributed by atoms with Gasteiger partial charge < -0.3 is 19.3 Å². The van der Waals surface area contributed by atoms with Gasteiger partial charge in [-0.25, -0.2) is 0 Å². The average molecular weight is 381 g/mol. The first kappa shape index (κ1) is 23.4. The maximum absolute atomic E-state index is 10.3. The third-order valence-corrected chi connectivity index (χ3v) is 4.29. The smallest absolute Gasteiger partial charge is 0.303 e. The van der Waals surface area contributed by atoms with Crippen molar-refractivity contribution in [2.45, 2.75) is 64.7 Å². The minimum Gasteiger partial charge on any atom is -0.491 e. The number of carboxylic acids is 1. The Balaban J connectivity index is 1.96. The van der Waals surface area contributed by atoms with E-state index in [1.165, 1.54) is 44.1 Å². The Morgan fingerprint density at radius 1 is 0.815 bits per heavy atom. The van der Waals surface area contributed by atoms with E-state index in [-0.39, 0.29) is 6.42 Å². The molecule has 1 aromatic carbocycles. The number of aliphatic carboxylic acids is 1. The molecule has 0 aliphatic rings. The molecule has 154 valence electrons. The maximum Gasteiger partial charge on any atom is 0.303 e. The molecule has 0 aliphatic carbocycles. The number of unbranched alkanes of at least 4 members (excludes halogenated alkanes) is 5. The lowest BCUT2D eigenvalue weighted by Gasteiger charge is -2.08. The van der Waals surface area contributed by atoms with E-state index in [0.717, 1.165) is 12.2 Å². The van der Waals surface area contributed by atoms with Crippen molar-refractivity contribution in [2.24, 2.45) is 0 Å². The number of rotatable bonds is 18. The Morgan fingerprint density at radius 2 is 1.44 bits per heavy atom. The first-order valence-electron chi connectivity index (χ1n) is 10.3. The van der Waals surface area contributed by atoms with Crippen molar-refractivity contribution in [3.63, 3.8) is 0 Å². The average Bonchev–Trinajstić information content (AvgIpc) is 2.67. The number of carbonyl (C=O) groups is 1. The van der Waals surface area contributed by atoms with Gasteiger partial charge in [-0.2, -0.15) is 0 Å². The molecule has 0 fully saturated rings. The third kappa shape index (κ3) is 14.2. The number of carboxylic acid groups (broad SMARTS) is 1. The van der Waals surface area contributed by atoms with Gasteiger partial charge in [-0.1, -0.05) is 51.2 Å². The largest absolute Gasteiger partial charge is 0.491 e. The molecule has 0 saturated heterocycles.